The summed E-state index contributed by atoms with van der Waals surface area (Å²) in [4.78, 5) is 38.0. The number of nitrogens with one attached hydrogen (secondary N) is 4. The van der Waals surface area contributed by atoms with Gasteiger partial charge < -0.3 is 9.47 Å². The van der Waals surface area contributed by atoms with E-state index >= 15 is 0 Å². The number of aromatic amines is 4. The Kier molecular flexibility index (Phi) is 8.85. The van der Waals surface area contributed by atoms with Gasteiger partial charge in [0.25, 0.3) is 16.8 Å². The van der Waals surface area contributed by atoms with Crippen molar-refractivity contribution >= 4 is 28.3 Å². The third-order valence-electron chi connectivity index (χ3n) is 8.00. The van der Waals surface area contributed by atoms with Crippen molar-refractivity contribution in [3.8, 4) is 34.0 Å². The summed E-state index contributed by atoms with van der Waals surface area (Å²) in [6, 6.07) is 25.3. The number of nitrogens with zero attached hydrogens (tertiary/aromatic N) is 1. The van der Waals surface area contributed by atoms with E-state index in [1.165, 1.54) is 19.2 Å². The highest BCUT2D eigenvalue weighted by Crippen LogP contribution is 2.43. The number of hydrogen-bond donors (Lipinski definition) is 4. The zero-order valence-corrected chi connectivity index (χ0v) is 27.8. The van der Waals surface area contributed by atoms with Crippen molar-refractivity contribution in [3.63, 3.8) is 0 Å². The molecule has 0 radical (unpaired) electrons. The fraction of sp³-hybridized carbons (Fsp3) is 0.143. The van der Waals surface area contributed by atoms with Crippen molar-refractivity contribution in [3.05, 3.63) is 153 Å². The minimum Gasteiger partial charge on any atom is -0.493 e. The lowest BCUT2D eigenvalue weighted by molar-refractivity contribution is -0.384. The molecule has 11 nitrogen and oxygen atoms in total. The van der Waals surface area contributed by atoms with E-state index in [1.54, 1.807) is 18.2 Å². The third kappa shape index (κ3) is 6.36. The number of ether oxygens (including phenoxy) is 2. The number of benzene rings is 4. The number of aromatic nitrogens is 4. The number of nitro groups is 1. The summed E-state index contributed by atoms with van der Waals surface area (Å²) in [7, 11) is 1.52. The molecule has 47 heavy (non-hydrogen) atoms. The first kappa shape index (κ1) is 31.6. The zero-order valence-electron chi connectivity index (χ0n) is 25.6. The first-order chi connectivity index (χ1) is 22.6. The molecule has 6 aromatic rings. The molecule has 0 aliphatic carbocycles. The van der Waals surface area contributed by atoms with Gasteiger partial charge in [0.1, 0.15) is 6.61 Å². The minimum atomic E-state index is -0.834. The zero-order chi connectivity index (χ0) is 33.2. The average molecular weight is 744 g/mol. The maximum atomic E-state index is 13.7. The van der Waals surface area contributed by atoms with E-state index in [4.69, 9.17) is 9.47 Å². The van der Waals surface area contributed by atoms with Crippen LogP contribution in [-0.2, 0) is 6.61 Å². The number of rotatable bonds is 10. The molecule has 0 fully saturated rings. The van der Waals surface area contributed by atoms with Crippen LogP contribution in [0, 0.1) is 27.5 Å². The van der Waals surface area contributed by atoms with Gasteiger partial charge in [-0.15, -0.1) is 0 Å². The van der Waals surface area contributed by atoms with Gasteiger partial charge in [0.05, 0.1) is 38.1 Å². The molecular formula is C35H30IN5O6. The lowest BCUT2D eigenvalue weighted by Crippen LogP contribution is -2.20. The largest absolute Gasteiger partial charge is 0.493 e. The fourth-order valence-corrected chi connectivity index (χ4v) is 6.36. The van der Waals surface area contributed by atoms with Crippen LogP contribution < -0.4 is 20.6 Å². The highest BCUT2D eigenvalue weighted by Gasteiger charge is 2.32. The molecule has 0 saturated carbocycles. The maximum absolute atomic E-state index is 13.7. The van der Waals surface area contributed by atoms with E-state index in [0.29, 0.717) is 43.1 Å². The van der Waals surface area contributed by atoms with Crippen molar-refractivity contribution in [2.24, 2.45) is 0 Å². The molecular weight excluding hydrogens is 713 g/mol. The van der Waals surface area contributed by atoms with Crippen LogP contribution in [-0.4, -0.2) is 32.4 Å². The van der Waals surface area contributed by atoms with Crippen LogP contribution >= 0.6 is 22.6 Å². The van der Waals surface area contributed by atoms with Crippen LogP contribution in [0.3, 0.4) is 0 Å². The standard InChI is InChI=1S/C35H30IN5O6/c1-19-4-10-22(11-5-19)31-29(34(42)39-37-31)28(30-32(38-40-35(30)43)23-12-6-20(2)7-13-23)24-16-26(36)33(27(17-24)46-3)47-18-21-8-14-25(15-9-21)41(44)45/h4-17,28H,18H2,1-3H3,(H2,37,39,42)(H2,38,40,43). The first-order valence-corrected chi connectivity index (χ1v) is 15.7. The lowest BCUT2D eigenvalue weighted by Gasteiger charge is -2.21. The summed E-state index contributed by atoms with van der Waals surface area (Å²) >= 11 is 2.14. The third-order valence-corrected chi connectivity index (χ3v) is 8.80. The van der Waals surface area contributed by atoms with Gasteiger partial charge in [-0.25, -0.2) is 0 Å². The number of aryl methyl sites for hydroxylation is 2. The molecule has 0 spiro atoms. The van der Waals surface area contributed by atoms with E-state index in [-0.39, 0.29) is 23.4 Å². The minimum absolute atomic E-state index is 0.00851. The van der Waals surface area contributed by atoms with Crippen molar-refractivity contribution in [2.45, 2.75) is 26.4 Å². The van der Waals surface area contributed by atoms with Crippen LogP contribution in [0.5, 0.6) is 11.5 Å². The molecule has 4 aromatic carbocycles. The van der Waals surface area contributed by atoms with Gasteiger partial charge in [0.2, 0.25) is 0 Å². The monoisotopic (exact) mass is 743 g/mol. The first-order valence-electron chi connectivity index (χ1n) is 14.6. The van der Waals surface area contributed by atoms with Gasteiger partial charge in [-0.3, -0.25) is 40.1 Å². The van der Waals surface area contributed by atoms with Gasteiger partial charge >= 0.3 is 0 Å². The number of hydrogen-bond acceptors (Lipinski definition) is 6. The molecule has 0 aliphatic heterocycles. The smallest absolute Gasteiger partial charge is 0.269 e. The van der Waals surface area contributed by atoms with E-state index in [2.05, 4.69) is 43.0 Å². The van der Waals surface area contributed by atoms with E-state index in [0.717, 1.165) is 27.8 Å². The molecule has 0 amide bonds. The Morgan fingerprint density at radius 3 is 1.74 bits per heavy atom. The average Bonchev–Trinajstić information content (AvgIpc) is 3.63. The van der Waals surface area contributed by atoms with Crippen LogP contribution in [0.15, 0.2) is 94.5 Å². The molecule has 4 N–H and O–H groups in total. The molecule has 0 bridgehead atoms. The Morgan fingerprint density at radius 1 is 0.766 bits per heavy atom. The summed E-state index contributed by atoms with van der Waals surface area (Å²) in [5.41, 5.74) is 6.16. The maximum Gasteiger partial charge on any atom is 0.269 e. The summed E-state index contributed by atoms with van der Waals surface area (Å²) in [6.45, 7) is 4.11. The van der Waals surface area contributed by atoms with Gasteiger partial charge in [-0.05, 0) is 83.0 Å². The molecule has 0 unspecified atom stereocenters. The second-order valence-corrected chi connectivity index (χ2v) is 12.3. The second-order valence-electron chi connectivity index (χ2n) is 11.1. The van der Waals surface area contributed by atoms with Crippen molar-refractivity contribution in [2.75, 3.05) is 7.11 Å². The van der Waals surface area contributed by atoms with Gasteiger partial charge in [-0.2, -0.15) is 0 Å². The Balaban J connectivity index is 1.51. The van der Waals surface area contributed by atoms with E-state index in [9.17, 15) is 19.7 Å². The summed E-state index contributed by atoms with van der Waals surface area (Å²) in [5, 5.41) is 22.7. The van der Waals surface area contributed by atoms with Crippen molar-refractivity contribution < 1.29 is 14.4 Å². The predicted octanol–water partition coefficient (Wildman–Crippen LogP) is 6.95. The normalized spacial score (nSPS) is 11.2. The van der Waals surface area contributed by atoms with Crippen LogP contribution in [0.4, 0.5) is 5.69 Å². The Bertz CT molecular complexity index is 2080. The summed E-state index contributed by atoms with van der Waals surface area (Å²) in [5.74, 6) is 0.0164. The van der Waals surface area contributed by atoms with E-state index in [1.807, 2.05) is 68.4 Å². The lowest BCUT2D eigenvalue weighted by atomic mass is 9.83. The van der Waals surface area contributed by atoms with Crippen LogP contribution in [0.2, 0.25) is 0 Å². The van der Waals surface area contributed by atoms with Crippen LogP contribution in [0.1, 0.15) is 39.3 Å². The highest BCUT2D eigenvalue weighted by molar-refractivity contribution is 14.1. The number of H-pyrrole nitrogens is 4. The molecule has 12 heteroatoms. The SMILES string of the molecule is COc1cc(C(c2c(-c3ccc(C)cc3)[nH][nH]c2=O)c2c(-c3ccc(C)cc3)[nH][nH]c2=O)cc(I)c1OCc1ccc([N+](=O)[O-])cc1. The molecule has 2 heterocycles. The number of nitro benzene ring substituents is 1. The summed E-state index contributed by atoms with van der Waals surface area (Å²) in [6.07, 6.45) is 0. The summed E-state index contributed by atoms with van der Waals surface area (Å²) < 4.78 is 12.6. The topological polar surface area (TPSA) is 159 Å². The van der Waals surface area contributed by atoms with Gasteiger partial charge in [0, 0.05) is 18.1 Å². The van der Waals surface area contributed by atoms with Crippen molar-refractivity contribution in [1.29, 1.82) is 0 Å². The molecule has 6 rings (SSSR count). The molecule has 0 aliphatic rings. The Hall–Kier alpha value is -5.37. The highest BCUT2D eigenvalue weighted by atomic mass is 127. The predicted molar refractivity (Wildman–Crippen MR) is 187 cm³/mol. The van der Waals surface area contributed by atoms with E-state index < -0.39 is 10.8 Å². The fourth-order valence-electron chi connectivity index (χ4n) is 5.58. The number of non-ortho nitro benzene ring substituents is 1. The quantitative estimate of drug-likeness (QED) is 0.0676. The molecule has 238 valence electrons. The van der Waals surface area contributed by atoms with Gasteiger partial charge in [-0.1, -0.05) is 59.7 Å². The Morgan fingerprint density at radius 2 is 1.28 bits per heavy atom. The molecule has 2 aromatic heterocycles. The molecule has 0 atom stereocenters. The van der Waals surface area contributed by atoms with Crippen molar-refractivity contribution in [1.82, 2.24) is 20.4 Å². The Labute approximate surface area is 282 Å². The number of halogens is 1. The van der Waals surface area contributed by atoms with Crippen LogP contribution in [0.25, 0.3) is 22.5 Å². The number of methoxy groups -OCH3 is 1. The second kappa shape index (κ2) is 13.2. The molecule has 0 saturated heterocycles. The van der Waals surface area contributed by atoms with Gasteiger partial charge in [0.15, 0.2) is 11.5 Å².